The highest BCUT2D eigenvalue weighted by atomic mass is 16.5. The van der Waals surface area contributed by atoms with Gasteiger partial charge < -0.3 is 9.84 Å². The van der Waals surface area contributed by atoms with E-state index in [-0.39, 0.29) is 5.60 Å². The van der Waals surface area contributed by atoms with E-state index in [1.807, 2.05) is 6.07 Å². The van der Waals surface area contributed by atoms with E-state index in [1.165, 1.54) is 5.56 Å². The number of methoxy groups -OCH3 is 1. The first-order valence-corrected chi connectivity index (χ1v) is 6.39. The molecule has 2 rings (SSSR count). The zero-order valence-corrected chi connectivity index (χ0v) is 11.0. The molecule has 94 valence electrons. The number of hydrogen-bond acceptors (Lipinski definition) is 2. The summed E-state index contributed by atoms with van der Waals surface area (Å²) in [5.74, 6) is 0. The molecule has 2 heteroatoms. The van der Waals surface area contributed by atoms with Crippen molar-refractivity contribution in [2.75, 3.05) is 7.11 Å². The van der Waals surface area contributed by atoms with Crippen molar-refractivity contribution in [3.05, 3.63) is 34.9 Å². The van der Waals surface area contributed by atoms with Crippen LogP contribution in [0, 0.1) is 13.8 Å². The molecule has 2 nitrogen and oxygen atoms in total. The Hall–Kier alpha value is -0.860. The average Bonchev–Trinajstić information content (AvgIpc) is 2.78. The van der Waals surface area contributed by atoms with Crippen LogP contribution in [0.5, 0.6) is 0 Å². The Balaban J connectivity index is 2.32. The molecule has 1 fully saturated rings. The molecule has 0 aliphatic heterocycles. The smallest absolute Gasteiger partial charge is 0.108 e. The van der Waals surface area contributed by atoms with E-state index in [0.29, 0.717) is 0 Å². The van der Waals surface area contributed by atoms with Crippen LogP contribution in [0.2, 0.25) is 0 Å². The molecule has 1 saturated carbocycles. The van der Waals surface area contributed by atoms with Crippen LogP contribution in [-0.2, 0) is 4.74 Å². The summed E-state index contributed by atoms with van der Waals surface area (Å²) in [6.07, 6.45) is 3.71. The zero-order chi connectivity index (χ0) is 12.5. The van der Waals surface area contributed by atoms with Gasteiger partial charge in [-0.1, -0.05) is 36.6 Å². The molecule has 1 aromatic carbocycles. The largest absolute Gasteiger partial charge is 0.385 e. The predicted molar refractivity (Wildman–Crippen MR) is 69.1 cm³/mol. The van der Waals surface area contributed by atoms with Crippen molar-refractivity contribution in [3.8, 4) is 0 Å². The Labute approximate surface area is 104 Å². The molecule has 1 aliphatic carbocycles. The number of aryl methyl sites for hydroxylation is 2. The van der Waals surface area contributed by atoms with E-state index >= 15 is 0 Å². The molecule has 1 aromatic rings. The summed E-state index contributed by atoms with van der Waals surface area (Å²) < 4.78 is 5.65. The fraction of sp³-hybridized carbons (Fsp3) is 0.600. The maximum Gasteiger partial charge on any atom is 0.108 e. The molecule has 0 aromatic heterocycles. The van der Waals surface area contributed by atoms with E-state index in [9.17, 15) is 5.11 Å². The van der Waals surface area contributed by atoms with Crippen LogP contribution in [0.25, 0.3) is 0 Å². The van der Waals surface area contributed by atoms with Crippen LogP contribution in [0.1, 0.15) is 48.5 Å². The summed E-state index contributed by atoms with van der Waals surface area (Å²) in [5, 5.41) is 10.6. The molecule has 0 amide bonds. The lowest BCUT2D eigenvalue weighted by Crippen LogP contribution is -2.35. The number of aliphatic hydroxyl groups is 1. The summed E-state index contributed by atoms with van der Waals surface area (Å²) in [4.78, 5) is 0. The highest BCUT2D eigenvalue weighted by Gasteiger charge is 2.41. The minimum absolute atomic E-state index is 0.361. The highest BCUT2D eigenvalue weighted by molar-refractivity contribution is 5.33. The van der Waals surface area contributed by atoms with Crippen molar-refractivity contribution in [1.29, 1.82) is 0 Å². The van der Waals surface area contributed by atoms with Gasteiger partial charge in [0.05, 0.1) is 5.60 Å². The van der Waals surface area contributed by atoms with Gasteiger partial charge in [0.1, 0.15) is 6.10 Å². The van der Waals surface area contributed by atoms with E-state index in [2.05, 4.69) is 26.0 Å². The molecular formula is C15H22O2. The number of aliphatic hydroxyl groups excluding tert-OH is 1. The normalized spacial score (nSPS) is 20.5. The lowest BCUT2D eigenvalue weighted by molar-refractivity contribution is -0.100. The van der Waals surface area contributed by atoms with Gasteiger partial charge in [0.15, 0.2) is 0 Å². The first-order chi connectivity index (χ1) is 8.09. The van der Waals surface area contributed by atoms with E-state index in [0.717, 1.165) is 36.8 Å². The second-order valence-corrected chi connectivity index (χ2v) is 5.24. The van der Waals surface area contributed by atoms with Crippen molar-refractivity contribution >= 4 is 0 Å². The van der Waals surface area contributed by atoms with Gasteiger partial charge in [-0.2, -0.15) is 0 Å². The monoisotopic (exact) mass is 234 g/mol. The van der Waals surface area contributed by atoms with E-state index in [4.69, 9.17) is 4.74 Å². The van der Waals surface area contributed by atoms with E-state index < -0.39 is 6.10 Å². The van der Waals surface area contributed by atoms with Crippen LogP contribution >= 0.6 is 0 Å². The van der Waals surface area contributed by atoms with Crippen LogP contribution < -0.4 is 0 Å². The van der Waals surface area contributed by atoms with Crippen molar-refractivity contribution in [1.82, 2.24) is 0 Å². The second-order valence-electron chi connectivity index (χ2n) is 5.24. The molecule has 0 saturated heterocycles. The van der Waals surface area contributed by atoms with Crippen LogP contribution in [-0.4, -0.2) is 17.8 Å². The summed E-state index contributed by atoms with van der Waals surface area (Å²) in [7, 11) is 1.72. The van der Waals surface area contributed by atoms with Crippen LogP contribution in [0.4, 0.5) is 0 Å². The predicted octanol–water partition coefficient (Wildman–Crippen LogP) is 3.30. The second kappa shape index (κ2) is 4.79. The van der Waals surface area contributed by atoms with Crippen molar-refractivity contribution < 1.29 is 9.84 Å². The lowest BCUT2D eigenvalue weighted by atomic mass is 9.87. The number of rotatable bonds is 3. The standard InChI is InChI=1S/C15H22O2/c1-11-6-7-13(12(2)10-11)14(16)15(17-3)8-4-5-9-15/h6-7,10,14,16H,4-5,8-9H2,1-3H3. The van der Waals surface area contributed by atoms with Crippen LogP contribution in [0.15, 0.2) is 18.2 Å². The topological polar surface area (TPSA) is 29.5 Å². The van der Waals surface area contributed by atoms with Crippen LogP contribution in [0.3, 0.4) is 0 Å². The minimum atomic E-state index is -0.504. The quantitative estimate of drug-likeness (QED) is 0.869. The number of benzene rings is 1. The van der Waals surface area contributed by atoms with Gasteiger partial charge in [-0.25, -0.2) is 0 Å². The lowest BCUT2D eigenvalue weighted by Gasteiger charge is -2.34. The molecule has 0 radical (unpaired) electrons. The Morgan fingerprint density at radius 1 is 1.24 bits per heavy atom. The van der Waals surface area contributed by atoms with Crippen molar-refractivity contribution in [3.63, 3.8) is 0 Å². The van der Waals surface area contributed by atoms with Gasteiger partial charge in [-0.15, -0.1) is 0 Å². The van der Waals surface area contributed by atoms with Crippen molar-refractivity contribution in [2.24, 2.45) is 0 Å². The van der Waals surface area contributed by atoms with Gasteiger partial charge in [0.25, 0.3) is 0 Å². The Morgan fingerprint density at radius 2 is 1.88 bits per heavy atom. The first kappa shape index (κ1) is 12.6. The first-order valence-electron chi connectivity index (χ1n) is 6.39. The summed E-state index contributed by atoms with van der Waals surface area (Å²) in [5.41, 5.74) is 3.04. The Morgan fingerprint density at radius 3 is 2.41 bits per heavy atom. The third-order valence-corrected chi connectivity index (χ3v) is 4.07. The zero-order valence-electron chi connectivity index (χ0n) is 11.0. The average molecular weight is 234 g/mol. The molecule has 0 bridgehead atoms. The fourth-order valence-electron chi connectivity index (χ4n) is 2.98. The molecule has 0 spiro atoms. The van der Waals surface area contributed by atoms with Gasteiger partial charge in [-0.05, 0) is 37.8 Å². The molecule has 1 atom stereocenters. The van der Waals surface area contributed by atoms with Gasteiger partial charge >= 0.3 is 0 Å². The van der Waals surface area contributed by atoms with Gasteiger partial charge in [-0.3, -0.25) is 0 Å². The van der Waals surface area contributed by atoms with E-state index in [1.54, 1.807) is 7.11 Å². The number of ether oxygens (including phenoxy) is 1. The SMILES string of the molecule is COC1(C(O)c2ccc(C)cc2C)CCCC1. The third kappa shape index (κ3) is 2.24. The third-order valence-electron chi connectivity index (χ3n) is 4.07. The molecule has 1 unspecified atom stereocenters. The van der Waals surface area contributed by atoms with Crippen molar-refractivity contribution in [2.45, 2.75) is 51.2 Å². The number of hydrogen-bond donors (Lipinski definition) is 1. The molecule has 17 heavy (non-hydrogen) atoms. The highest BCUT2D eigenvalue weighted by Crippen LogP contribution is 2.43. The maximum atomic E-state index is 10.6. The van der Waals surface area contributed by atoms with Gasteiger partial charge in [0.2, 0.25) is 0 Å². The van der Waals surface area contributed by atoms with Gasteiger partial charge in [0, 0.05) is 7.11 Å². The Bertz CT molecular complexity index is 392. The molecular weight excluding hydrogens is 212 g/mol. The molecule has 1 N–H and O–H groups in total. The summed E-state index contributed by atoms with van der Waals surface area (Å²) in [6.45, 7) is 4.13. The summed E-state index contributed by atoms with van der Waals surface area (Å²) >= 11 is 0. The minimum Gasteiger partial charge on any atom is -0.385 e. The molecule has 1 aliphatic rings. The molecule has 0 heterocycles. The summed E-state index contributed by atoms with van der Waals surface area (Å²) in [6, 6.07) is 6.22. The fourth-order valence-corrected chi connectivity index (χ4v) is 2.98. The maximum absolute atomic E-state index is 10.6. The Kier molecular flexibility index (Phi) is 3.55.